The largest absolute Gasteiger partial charge is 0.336 e. The van der Waals surface area contributed by atoms with Gasteiger partial charge in [-0.3, -0.25) is 14.4 Å². The molecule has 2 aromatic carbocycles. The lowest BCUT2D eigenvalue weighted by molar-refractivity contribution is 0.0627. The number of nitrogens with zero attached hydrogens (tertiary/aromatic N) is 3. The van der Waals surface area contributed by atoms with Crippen molar-refractivity contribution >= 4 is 33.0 Å². The number of carbonyl (C=O) groups excluding carboxylic acids is 1. The molecule has 4 rings (SSSR count). The number of aromatic nitrogens is 1. The maximum Gasteiger partial charge on any atom is 0.261 e. The highest BCUT2D eigenvalue weighted by Gasteiger charge is 2.23. The smallest absolute Gasteiger partial charge is 0.261 e. The highest BCUT2D eigenvalue weighted by Crippen LogP contribution is 2.19. The van der Waals surface area contributed by atoms with E-state index in [0.717, 1.165) is 30.3 Å². The van der Waals surface area contributed by atoms with Gasteiger partial charge in [-0.05, 0) is 55.5 Å². The first-order chi connectivity index (χ1) is 15.3. The maximum absolute atomic E-state index is 13.0. The molecule has 0 saturated carbocycles. The Kier molecular flexibility index (Phi) is 6.54. The van der Waals surface area contributed by atoms with Crippen molar-refractivity contribution in [3.05, 3.63) is 76.0 Å². The number of sulfonamides is 1. The average molecular weight is 475 g/mol. The lowest BCUT2D eigenvalue weighted by Crippen LogP contribution is -2.48. The molecule has 0 atom stereocenters. The summed E-state index contributed by atoms with van der Waals surface area (Å²) in [6.45, 7) is 5.50. The number of amides is 1. The molecule has 0 bridgehead atoms. The number of carbonyl (C=O) groups is 1. The molecule has 1 fully saturated rings. The number of nitrogens with one attached hydrogen (secondary N) is 1. The van der Waals surface area contributed by atoms with Crippen LogP contribution in [0.5, 0.6) is 0 Å². The molecule has 168 valence electrons. The summed E-state index contributed by atoms with van der Waals surface area (Å²) >= 11 is 1.63. The second kappa shape index (κ2) is 9.35. The van der Waals surface area contributed by atoms with Gasteiger partial charge in [0.25, 0.3) is 15.9 Å². The van der Waals surface area contributed by atoms with Crippen molar-refractivity contribution in [1.82, 2.24) is 14.8 Å². The normalized spacial score (nSPS) is 15.0. The lowest BCUT2D eigenvalue weighted by Gasteiger charge is -2.34. The minimum Gasteiger partial charge on any atom is -0.336 e. The number of piperazine rings is 1. The third-order valence-electron chi connectivity index (χ3n) is 5.22. The number of rotatable bonds is 6. The fourth-order valence-corrected chi connectivity index (χ4v) is 5.17. The minimum absolute atomic E-state index is 0.0294. The summed E-state index contributed by atoms with van der Waals surface area (Å²) in [5.74, 6) is -0.570. The van der Waals surface area contributed by atoms with Crippen molar-refractivity contribution in [2.75, 3.05) is 30.9 Å². The van der Waals surface area contributed by atoms with Crippen LogP contribution in [0.25, 0.3) is 0 Å². The summed E-state index contributed by atoms with van der Waals surface area (Å²) < 4.78 is 40.5. The number of benzene rings is 2. The Labute approximate surface area is 190 Å². The molecule has 1 N–H and O–H groups in total. The van der Waals surface area contributed by atoms with Gasteiger partial charge in [-0.2, -0.15) is 0 Å². The van der Waals surface area contributed by atoms with E-state index in [9.17, 15) is 17.6 Å². The number of halogens is 1. The predicted octanol–water partition coefficient (Wildman–Crippen LogP) is 3.35. The zero-order valence-electron chi connectivity index (χ0n) is 17.5. The third-order valence-corrected chi connectivity index (χ3v) is 7.44. The molecule has 1 aliphatic rings. The summed E-state index contributed by atoms with van der Waals surface area (Å²) in [6, 6.07) is 10.9. The first-order valence-corrected chi connectivity index (χ1v) is 12.5. The molecule has 3 aromatic rings. The van der Waals surface area contributed by atoms with E-state index < -0.39 is 15.8 Å². The van der Waals surface area contributed by atoms with Crippen molar-refractivity contribution < 1.29 is 17.6 Å². The van der Waals surface area contributed by atoms with Crippen LogP contribution in [0.2, 0.25) is 0 Å². The van der Waals surface area contributed by atoms with Gasteiger partial charge >= 0.3 is 0 Å². The van der Waals surface area contributed by atoms with Gasteiger partial charge < -0.3 is 4.90 Å². The van der Waals surface area contributed by atoms with Crippen LogP contribution in [0.4, 0.5) is 10.1 Å². The minimum atomic E-state index is -3.84. The molecule has 7 nitrogen and oxygen atoms in total. The highest BCUT2D eigenvalue weighted by molar-refractivity contribution is 7.92. The second-order valence-electron chi connectivity index (χ2n) is 7.56. The summed E-state index contributed by atoms with van der Waals surface area (Å²) in [6.07, 6.45) is 0. The van der Waals surface area contributed by atoms with Crippen LogP contribution in [0.3, 0.4) is 0 Å². The molecule has 0 aliphatic carbocycles. The number of anilines is 1. The van der Waals surface area contributed by atoms with E-state index in [0.29, 0.717) is 18.7 Å². The molecular weight excluding hydrogens is 451 g/mol. The molecule has 0 unspecified atom stereocenters. The molecule has 1 saturated heterocycles. The standard InChI is InChI=1S/C22H23FN4O3S2/c1-16-24-20(15-31-16)14-26-10-12-27(13-11-26)22(28)17-2-8-21(9-3-17)32(29,30)25-19-6-4-18(23)5-7-19/h2-9,15,25H,10-14H2,1H3. The highest BCUT2D eigenvalue weighted by atomic mass is 32.2. The Bertz CT molecular complexity index is 1190. The van der Waals surface area contributed by atoms with E-state index in [1.165, 1.54) is 48.5 Å². The molecule has 1 amide bonds. The molecular formula is C22H23FN4O3S2. The first kappa shape index (κ1) is 22.4. The van der Waals surface area contributed by atoms with Crippen LogP contribution in [-0.2, 0) is 16.6 Å². The van der Waals surface area contributed by atoms with Crippen LogP contribution in [0.15, 0.2) is 58.8 Å². The van der Waals surface area contributed by atoms with Gasteiger partial charge in [-0.1, -0.05) is 0 Å². The Morgan fingerprint density at radius 1 is 1.06 bits per heavy atom. The average Bonchev–Trinajstić information content (AvgIpc) is 3.20. The van der Waals surface area contributed by atoms with Crippen LogP contribution in [0.1, 0.15) is 21.1 Å². The van der Waals surface area contributed by atoms with E-state index in [1.54, 1.807) is 16.2 Å². The van der Waals surface area contributed by atoms with Gasteiger partial charge in [0.05, 0.1) is 15.6 Å². The number of hydrogen-bond donors (Lipinski definition) is 1. The number of hydrogen-bond acceptors (Lipinski definition) is 6. The van der Waals surface area contributed by atoms with Crippen LogP contribution < -0.4 is 4.72 Å². The second-order valence-corrected chi connectivity index (χ2v) is 10.3. The summed E-state index contributed by atoms with van der Waals surface area (Å²) in [5.41, 5.74) is 1.75. The maximum atomic E-state index is 13.0. The topological polar surface area (TPSA) is 82.6 Å². The van der Waals surface area contributed by atoms with Gasteiger partial charge in [0.15, 0.2) is 0 Å². The molecule has 1 aliphatic heterocycles. The van der Waals surface area contributed by atoms with Gasteiger partial charge in [-0.25, -0.2) is 17.8 Å². The quantitative estimate of drug-likeness (QED) is 0.593. The zero-order valence-corrected chi connectivity index (χ0v) is 19.1. The zero-order chi connectivity index (χ0) is 22.7. The Morgan fingerprint density at radius 2 is 1.72 bits per heavy atom. The monoisotopic (exact) mass is 474 g/mol. The lowest BCUT2D eigenvalue weighted by atomic mass is 10.2. The Morgan fingerprint density at radius 3 is 2.31 bits per heavy atom. The number of thiazole rings is 1. The summed E-state index contributed by atoms with van der Waals surface area (Å²) in [5, 5.41) is 3.11. The van der Waals surface area contributed by atoms with Crippen molar-refractivity contribution in [2.24, 2.45) is 0 Å². The van der Waals surface area contributed by atoms with Crippen molar-refractivity contribution in [3.8, 4) is 0 Å². The van der Waals surface area contributed by atoms with Crippen LogP contribution >= 0.6 is 11.3 Å². The van der Waals surface area contributed by atoms with E-state index in [1.807, 2.05) is 6.92 Å². The van der Waals surface area contributed by atoms with Crippen molar-refractivity contribution in [1.29, 1.82) is 0 Å². The Balaban J connectivity index is 1.35. The number of aryl methyl sites for hydroxylation is 1. The van der Waals surface area contributed by atoms with Crippen LogP contribution in [-0.4, -0.2) is 55.3 Å². The fourth-order valence-electron chi connectivity index (χ4n) is 3.51. The van der Waals surface area contributed by atoms with Gasteiger partial charge in [-0.15, -0.1) is 11.3 Å². The first-order valence-electron chi connectivity index (χ1n) is 10.1. The molecule has 0 spiro atoms. The molecule has 2 heterocycles. The Hall–Kier alpha value is -2.82. The van der Waals surface area contributed by atoms with E-state index >= 15 is 0 Å². The van der Waals surface area contributed by atoms with Crippen LogP contribution in [0, 0.1) is 12.7 Å². The molecule has 10 heteroatoms. The fraction of sp³-hybridized carbons (Fsp3) is 0.273. The van der Waals surface area contributed by atoms with E-state index in [2.05, 4.69) is 20.0 Å². The predicted molar refractivity (Wildman–Crippen MR) is 122 cm³/mol. The van der Waals surface area contributed by atoms with Crippen molar-refractivity contribution in [3.63, 3.8) is 0 Å². The van der Waals surface area contributed by atoms with Gasteiger partial charge in [0, 0.05) is 49.4 Å². The molecule has 0 radical (unpaired) electrons. The SMILES string of the molecule is Cc1nc(CN2CCN(C(=O)c3ccc(S(=O)(=O)Nc4ccc(F)cc4)cc3)CC2)cs1. The molecule has 32 heavy (non-hydrogen) atoms. The molecule has 1 aromatic heterocycles. The van der Waals surface area contributed by atoms with Gasteiger partial charge in [0.1, 0.15) is 5.82 Å². The third kappa shape index (κ3) is 5.32. The van der Waals surface area contributed by atoms with E-state index in [4.69, 9.17) is 0 Å². The van der Waals surface area contributed by atoms with Gasteiger partial charge in [0.2, 0.25) is 0 Å². The summed E-state index contributed by atoms with van der Waals surface area (Å²) in [4.78, 5) is 21.4. The van der Waals surface area contributed by atoms with E-state index in [-0.39, 0.29) is 16.5 Å². The van der Waals surface area contributed by atoms with Crippen molar-refractivity contribution in [2.45, 2.75) is 18.4 Å². The summed E-state index contributed by atoms with van der Waals surface area (Å²) in [7, 11) is -3.84.